The Hall–Kier alpha value is -1.60. The van der Waals surface area contributed by atoms with Crippen LogP contribution in [0.3, 0.4) is 0 Å². The van der Waals surface area contributed by atoms with E-state index in [1.54, 1.807) is 0 Å². The van der Waals surface area contributed by atoms with Crippen LogP contribution in [0, 0.1) is 0 Å². The molecule has 0 aliphatic rings. The fourth-order valence-electron chi connectivity index (χ4n) is 1.29. The van der Waals surface area contributed by atoms with E-state index < -0.39 is 0 Å². The average Bonchev–Trinajstić information content (AvgIpc) is 2.27. The summed E-state index contributed by atoms with van der Waals surface area (Å²) in [5.41, 5.74) is 8.59. The SMILES string of the molecule is CCN(CCO)c1ncnc(NN)c1N. The number of aromatic nitrogens is 2. The minimum atomic E-state index is 0.0443. The van der Waals surface area contributed by atoms with Gasteiger partial charge in [0.1, 0.15) is 12.0 Å². The number of hydrazine groups is 1. The molecule has 7 heteroatoms. The molecule has 15 heavy (non-hydrogen) atoms. The average molecular weight is 212 g/mol. The number of hydrogen-bond acceptors (Lipinski definition) is 7. The zero-order valence-corrected chi connectivity index (χ0v) is 8.64. The van der Waals surface area contributed by atoms with E-state index in [4.69, 9.17) is 16.7 Å². The smallest absolute Gasteiger partial charge is 0.168 e. The van der Waals surface area contributed by atoms with Crippen molar-refractivity contribution in [1.29, 1.82) is 0 Å². The second kappa shape index (κ2) is 5.32. The fraction of sp³-hybridized carbons (Fsp3) is 0.500. The lowest BCUT2D eigenvalue weighted by atomic mass is 10.4. The molecule has 0 saturated heterocycles. The largest absolute Gasteiger partial charge is 0.395 e. The number of nitrogens with zero attached hydrogens (tertiary/aromatic N) is 3. The van der Waals surface area contributed by atoms with E-state index in [9.17, 15) is 0 Å². The second-order valence-electron chi connectivity index (χ2n) is 2.91. The van der Waals surface area contributed by atoms with Crippen molar-refractivity contribution in [3.8, 4) is 0 Å². The molecular weight excluding hydrogens is 196 g/mol. The monoisotopic (exact) mass is 212 g/mol. The third kappa shape index (κ3) is 2.45. The Bertz CT molecular complexity index is 318. The van der Waals surface area contributed by atoms with E-state index >= 15 is 0 Å². The number of nitrogen functional groups attached to an aromatic ring is 2. The summed E-state index contributed by atoms with van der Waals surface area (Å²) >= 11 is 0. The first kappa shape index (κ1) is 11.5. The number of aliphatic hydroxyl groups excluding tert-OH is 1. The Morgan fingerprint density at radius 2 is 2.27 bits per heavy atom. The molecule has 0 amide bonds. The van der Waals surface area contributed by atoms with Crippen LogP contribution < -0.4 is 21.9 Å². The Morgan fingerprint density at radius 1 is 1.53 bits per heavy atom. The van der Waals surface area contributed by atoms with Crippen molar-refractivity contribution in [2.24, 2.45) is 5.84 Å². The van der Waals surface area contributed by atoms with Crippen LogP contribution in [0.2, 0.25) is 0 Å². The van der Waals surface area contributed by atoms with Crippen LogP contribution in [0.15, 0.2) is 6.33 Å². The minimum absolute atomic E-state index is 0.0443. The molecule has 0 aromatic carbocycles. The van der Waals surface area contributed by atoms with Crippen LogP contribution in [0.5, 0.6) is 0 Å². The highest BCUT2D eigenvalue weighted by Gasteiger charge is 2.12. The lowest BCUT2D eigenvalue weighted by Crippen LogP contribution is -2.28. The standard InChI is InChI=1S/C8H16N6O/c1-2-14(3-4-15)8-6(9)7(13-10)11-5-12-8/h5,15H,2-4,9-10H2,1H3,(H,11,12,13). The number of nitrogens with one attached hydrogen (secondary N) is 1. The lowest BCUT2D eigenvalue weighted by molar-refractivity contribution is 0.302. The van der Waals surface area contributed by atoms with Gasteiger partial charge in [0.05, 0.1) is 6.61 Å². The molecule has 0 unspecified atom stereocenters. The molecular formula is C8H16N6O. The zero-order chi connectivity index (χ0) is 11.3. The highest BCUT2D eigenvalue weighted by Crippen LogP contribution is 2.24. The zero-order valence-electron chi connectivity index (χ0n) is 8.64. The van der Waals surface area contributed by atoms with E-state index in [0.717, 1.165) is 0 Å². The van der Waals surface area contributed by atoms with Crippen LogP contribution in [-0.4, -0.2) is 34.8 Å². The maximum Gasteiger partial charge on any atom is 0.168 e. The molecule has 6 N–H and O–H groups in total. The van der Waals surface area contributed by atoms with Gasteiger partial charge < -0.3 is 21.2 Å². The summed E-state index contributed by atoms with van der Waals surface area (Å²) in [7, 11) is 0. The van der Waals surface area contributed by atoms with Gasteiger partial charge in [-0.05, 0) is 6.92 Å². The maximum atomic E-state index is 8.88. The lowest BCUT2D eigenvalue weighted by Gasteiger charge is -2.22. The van der Waals surface area contributed by atoms with Crippen molar-refractivity contribution in [3.05, 3.63) is 6.33 Å². The fourth-order valence-corrected chi connectivity index (χ4v) is 1.29. The molecule has 0 saturated carbocycles. The van der Waals surface area contributed by atoms with Crippen molar-refractivity contribution in [1.82, 2.24) is 9.97 Å². The van der Waals surface area contributed by atoms with Crippen molar-refractivity contribution < 1.29 is 5.11 Å². The van der Waals surface area contributed by atoms with Gasteiger partial charge in [0.2, 0.25) is 0 Å². The van der Waals surface area contributed by atoms with Crippen molar-refractivity contribution in [2.45, 2.75) is 6.92 Å². The summed E-state index contributed by atoms with van der Waals surface area (Å²) in [6.45, 7) is 3.17. The van der Waals surface area contributed by atoms with E-state index in [2.05, 4.69) is 15.4 Å². The van der Waals surface area contributed by atoms with E-state index in [1.165, 1.54) is 6.33 Å². The van der Waals surface area contributed by atoms with Gasteiger partial charge in [-0.2, -0.15) is 0 Å². The van der Waals surface area contributed by atoms with Crippen LogP contribution >= 0.6 is 0 Å². The summed E-state index contributed by atoms with van der Waals surface area (Å²) in [4.78, 5) is 9.78. The van der Waals surface area contributed by atoms with Gasteiger partial charge in [-0.25, -0.2) is 15.8 Å². The molecule has 0 fully saturated rings. The normalized spacial score (nSPS) is 10.1. The predicted molar refractivity (Wildman–Crippen MR) is 59.2 cm³/mol. The molecule has 1 aromatic rings. The summed E-state index contributed by atoms with van der Waals surface area (Å²) in [5.74, 6) is 6.21. The number of aliphatic hydroxyl groups is 1. The molecule has 0 atom stereocenters. The third-order valence-electron chi connectivity index (χ3n) is 2.05. The Balaban J connectivity index is 3.01. The minimum Gasteiger partial charge on any atom is -0.395 e. The van der Waals surface area contributed by atoms with Gasteiger partial charge in [0.15, 0.2) is 11.6 Å². The Kier molecular flexibility index (Phi) is 4.07. The molecule has 0 aliphatic carbocycles. The van der Waals surface area contributed by atoms with Crippen LogP contribution in [0.25, 0.3) is 0 Å². The Labute approximate surface area is 88.1 Å². The number of nitrogens with two attached hydrogens (primary N) is 2. The topological polar surface area (TPSA) is 113 Å². The number of likely N-dealkylation sites (N-methyl/N-ethyl adjacent to an activating group) is 1. The molecule has 0 spiro atoms. The third-order valence-corrected chi connectivity index (χ3v) is 2.05. The van der Waals surface area contributed by atoms with E-state index in [0.29, 0.717) is 30.4 Å². The first-order chi connectivity index (χ1) is 7.24. The number of hydrogen-bond donors (Lipinski definition) is 4. The van der Waals surface area contributed by atoms with Crippen LogP contribution in [0.4, 0.5) is 17.3 Å². The number of anilines is 3. The summed E-state index contributed by atoms with van der Waals surface area (Å²) in [6.07, 6.45) is 1.38. The molecule has 1 heterocycles. The molecule has 7 nitrogen and oxygen atoms in total. The first-order valence-corrected chi connectivity index (χ1v) is 4.67. The molecule has 0 aliphatic heterocycles. The van der Waals surface area contributed by atoms with Crippen LogP contribution in [-0.2, 0) is 0 Å². The summed E-state index contributed by atoms with van der Waals surface area (Å²) in [6, 6.07) is 0. The van der Waals surface area contributed by atoms with Gasteiger partial charge in [-0.3, -0.25) is 0 Å². The van der Waals surface area contributed by atoms with Crippen molar-refractivity contribution in [3.63, 3.8) is 0 Å². The highest BCUT2D eigenvalue weighted by atomic mass is 16.3. The highest BCUT2D eigenvalue weighted by molar-refractivity contribution is 5.74. The summed E-state index contributed by atoms with van der Waals surface area (Å²) in [5, 5.41) is 8.88. The van der Waals surface area contributed by atoms with E-state index in [-0.39, 0.29) is 6.61 Å². The Morgan fingerprint density at radius 3 is 2.80 bits per heavy atom. The first-order valence-electron chi connectivity index (χ1n) is 4.67. The van der Waals surface area contributed by atoms with Gasteiger partial charge in [-0.15, -0.1) is 0 Å². The maximum absolute atomic E-state index is 8.88. The second-order valence-corrected chi connectivity index (χ2v) is 2.91. The van der Waals surface area contributed by atoms with Gasteiger partial charge in [-0.1, -0.05) is 0 Å². The van der Waals surface area contributed by atoms with Crippen molar-refractivity contribution >= 4 is 17.3 Å². The van der Waals surface area contributed by atoms with Gasteiger partial charge >= 0.3 is 0 Å². The van der Waals surface area contributed by atoms with Crippen LogP contribution in [0.1, 0.15) is 6.92 Å². The number of rotatable bonds is 5. The molecule has 84 valence electrons. The van der Waals surface area contributed by atoms with E-state index in [1.807, 2.05) is 11.8 Å². The quantitative estimate of drug-likeness (QED) is 0.372. The molecule has 1 rings (SSSR count). The predicted octanol–water partition coefficient (Wildman–Crippen LogP) is -0.837. The van der Waals surface area contributed by atoms with Crippen molar-refractivity contribution in [2.75, 3.05) is 35.8 Å². The summed E-state index contributed by atoms with van der Waals surface area (Å²) < 4.78 is 0. The molecule has 1 aromatic heterocycles. The van der Waals surface area contributed by atoms with Gasteiger partial charge in [0.25, 0.3) is 0 Å². The molecule has 0 radical (unpaired) electrons. The van der Waals surface area contributed by atoms with Gasteiger partial charge in [0, 0.05) is 13.1 Å². The molecule has 0 bridgehead atoms.